The van der Waals surface area contributed by atoms with Crippen LogP contribution < -0.4 is 9.47 Å². The molecule has 3 aromatic rings. The zero-order valence-electron chi connectivity index (χ0n) is 14.9. The van der Waals surface area contributed by atoms with Gasteiger partial charge in [0.1, 0.15) is 11.1 Å². The molecule has 0 saturated carbocycles. The minimum absolute atomic E-state index is 0.538. The van der Waals surface area contributed by atoms with Crippen LogP contribution in [0.4, 0.5) is 0 Å². The van der Waals surface area contributed by atoms with Crippen LogP contribution in [0, 0.1) is 11.3 Å². The van der Waals surface area contributed by atoms with E-state index in [1.807, 2.05) is 55.5 Å². The van der Waals surface area contributed by atoms with Crippen LogP contribution in [0.1, 0.15) is 30.8 Å². The first kappa shape index (κ1) is 18.0. The first-order chi connectivity index (χ1) is 12.7. The molecule has 2 aromatic carbocycles. The van der Waals surface area contributed by atoms with E-state index in [4.69, 9.17) is 9.47 Å². The van der Waals surface area contributed by atoms with Gasteiger partial charge >= 0.3 is 0 Å². The third-order valence-corrected chi connectivity index (χ3v) is 4.75. The maximum atomic E-state index is 9.60. The van der Waals surface area contributed by atoms with Crippen LogP contribution in [0.2, 0.25) is 0 Å². The monoisotopic (exact) mass is 364 g/mol. The summed E-state index contributed by atoms with van der Waals surface area (Å²) in [6, 6.07) is 15.9. The van der Waals surface area contributed by atoms with Gasteiger partial charge in [-0.1, -0.05) is 25.1 Å². The van der Waals surface area contributed by atoms with E-state index >= 15 is 0 Å². The van der Waals surface area contributed by atoms with Crippen LogP contribution in [-0.2, 0) is 0 Å². The number of allylic oxidation sites excluding steroid dienone is 1. The van der Waals surface area contributed by atoms with Crippen molar-refractivity contribution in [3.05, 3.63) is 53.0 Å². The normalized spacial score (nSPS) is 11.3. The van der Waals surface area contributed by atoms with Crippen LogP contribution >= 0.6 is 11.3 Å². The lowest BCUT2D eigenvalue weighted by molar-refractivity contribution is 0.277. The summed E-state index contributed by atoms with van der Waals surface area (Å²) in [5.74, 6) is 1.42. The molecule has 0 N–H and O–H groups in total. The highest BCUT2D eigenvalue weighted by Gasteiger charge is 2.10. The van der Waals surface area contributed by atoms with Crippen molar-refractivity contribution in [2.75, 3.05) is 13.2 Å². The van der Waals surface area contributed by atoms with E-state index in [0.717, 1.165) is 33.0 Å². The molecule has 0 saturated heterocycles. The van der Waals surface area contributed by atoms with Gasteiger partial charge in [0, 0.05) is 0 Å². The number of rotatable bonds is 7. The molecule has 5 heteroatoms. The second-order valence-electron chi connectivity index (χ2n) is 5.64. The summed E-state index contributed by atoms with van der Waals surface area (Å²) in [5, 5.41) is 10.3. The molecular weight excluding hydrogens is 344 g/mol. The van der Waals surface area contributed by atoms with Gasteiger partial charge in [0.2, 0.25) is 0 Å². The molecule has 0 amide bonds. The molecule has 132 valence electrons. The molecule has 0 aliphatic heterocycles. The standard InChI is InChI=1S/C21H20N2O2S/c1-3-11-25-18-10-9-15(13-19(18)24-4-2)12-16(14-22)21-23-17-7-5-6-8-20(17)26-21/h5-10,12-13H,3-4,11H2,1-2H3/b16-12+. The van der Waals surface area contributed by atoms with Crippen LogP contribution in [0.3, 0.4) is 0 Å². The van der Waals surface area contributed by atoms with Crippen molar-refractivity contribution in [2.24, 2.45) is 0 Å². The van der Waals surface area contributed by atoms with E-state index in [0.29, 0.717) is 24.5 Å². The zero-order valence-corrected chi connectivity index (χ0v) is 15.7. The van der Waals surface area contributed by atoms with Crippen molar-refractivity contribution < 1.29 is 9.47 Å². The first-order valence-electron chi connectivity index (χ1n) is 8.62. The number of ether oxygens (including phenoxy) is 2. The smallest absolute Gasteiger partial charge is 0.161 e. The summed E-state index contributed by atoms with van der Waals surface area (Å²) in [5.41, 5.74) is 2.33. The predicted octanol–water partition coefficient (Wildman–Crippen LogP) is 5.55. The summed E-state index contributed by atoms with van der Waals surface area (Å²) in [7, 11) is 0. The number of hydrogen-bond acceptors (Lipinski definition) is 5. The topological polar surface area (TPSA) is 55.1 Å². The predicted molar refractivity (Wildman–Crippen MR) is 107 cm³/mol. The number of para-hydroxylation sites is 1. The fraction of sp³-hybridized carbons (Fsp3) is 0.238. The van der Waals surface area contributed by atoms with Crippen molar-refractivity contribution in [2.45, 2.75) is 20.3 Å². The Bertz CT molecular complexity index is 937. The minimum Gasteiger partial charge on any atom is -0.490 e. The molecule has 0 aliphatic rings. The largest absolute Gasteiger partial charge is 0.490 e. The van der Waals surface area contributed by atoms with E-state index in [1.165, 1.54) is 11.3 Å². The Hall–Kier alpha value is -2.84. The second kappa shape index (κ2) is 8.50. The quantitative estimate of drug-likeness (QED) is 0.516. The van der Waals surface area contributed by atoms with Gasteiger partial charge in [-0.2, -0.15) is 5.26 Å². The van der Waals surface area contributed by atoms with Gasteiger partial charge in [-0.3, -0.25) is 0 Å². The molecule has 1 heterocycles. The Morgan fingerprint density at radius 1 is 1.15 bits per heavy atom. The van der Waals surface area contributed by atoms with E-state index in [-0.39, 0.29) is 0 Å². The fourth-order valence-corrected chi connectivity index (χ4v) is 3.44. The molecule has 0 bridgehead atoms. The number of nitriles is 1. The Balaban J connectivity index is 1.95. The third-order valence-electron chi connectivity index (χ3n) is 3.69. The molecule has 26 heavy (non-hydrogen) atoms. The Labute approximate surface area is 157 Å². The molecule has 0 fully saturated rings. The average molecular weight is 364 g/mol. The Morgan fingerprint density at radius 3 is 2.73 bits per heavy atom. The van der Waals surface area contributed by atoms with Gasteiger partial charge in [0.25, 0.3) is 0 Å². The molecule has 0 unspecified atom stereocenters. The lowest BCUT2D eigenvalue weighted by Crippen LogP contribution is -2.00. The van der Waals surface area contributed by atoms with Crippen LogP contribution in [0.25, 0.3) is 21.9 Å². The zero-order chi connectivity index (χ0) is 18.4. The number of aromatic nitrogens is 1. The molecular formula is C21H20N2O2S. The Kier molecular flexibility index (Phi) is 5.88. The summed E-state index contributed by atoms with van der Waals surface area (Å²) in [4.78, 5) is 4.57. The number of benzene rings is 2. The SMILES string of the molecule is CCCOc1ccc(/C=C(\C#N)c2nc3ccccc3s2)cc1OCC. The van der Waals surface area contributed by atoms with Gasteiger partial charge < -0.3 is 9.47 Å². The maximum absolute atomic E-state index is 9.60. The van der Waals surface area contributed by atoms with Gasteiger partial charge in [-0.25, -0.2) is 4.98 Å². The van der Waals surface area contributed by atoms with Gasteiger partial charge in [0.05, 0.1) is 29.0 Å². The highest BCUT2D eigenvalue weighted by Crippen LogP contribution is 2.32. The van der Waals surface area contributed by atoms with Gasteiger partial charge in [-0.15, -0.1) is 11.3 Å². The van der Waals surface area contributed by atoms with Gasteiger partial charge in [-0.05, 0) is 49.2 Å². The molecule has 3 rings (SSSR count). The molecule has 0 aliphatic carbocycles. The summed E-state index contributed by atoms with van der Waals surface area (Å²) >= 11 is 1.52. The van der Waals surface area contributed by atoms with Gasteiger partial charge in [0.15, 0.2) is 11.5 Å². The number of hydrogen-bond donors (Lipinski definition) is 0. The summed E-state index contributed by atoms with van der Waals surface area (Å²) in [6.07, 6.45) is 2.77. The highest BCUT2D eigenvalue weighted by molar-refractivity contribution is 7.19. The van der Waals surface area contributed by atoms with Crippen molar-refractivity contribution in [3.63, 3.8) is 0 Å². The lowest BCUT2D eigenvalue weighted by Gasteiger charge is -2.12. The Morgan fingerprint density at radius 2 is 2.00 bits per heavy atom. The van der Waals surface area contributed by atoms with Crippen LogP contribution in [-0.4, -0.2) is 18.2 Å². The molecule has 4 nitrogen and oxygen atoms in total. The number of nitrogens with zero attached hydrogens (tertiary/aromatic N) is 2. The minimum atomic E-state index is 0.538. The highest BCUT2D eigenvalue weighted by atomic mass is 32.1. The maximum Gasteiger partial charge on any atom is 0.161 e. The molecule has 1 aromatic heterocycles. The average Bonchev–Trinajstić information content (AvgIpc) is 3.09. The second-order valence-corrected chi connectivity index (χ2v) is 6.67. The number of thiazole rings is 1. The lowest BCUT2D eigenvalue weighted by atomic mass is 10.1. The van der Waals surface area contributed by atoms with Crippen LogP contribution in [0.15, 0.2) is 42.5 Å². The number of fused-ring (bicyclic) bond motifs is 1. The van der Waals surface area contributed by atoms with Crippen LogP contribution in [0.5, 0.6) is 11.5 Å². The summed E-state index contributed by atoms with van der Waals surface area (Å²) < 4.78 is 12.5. The fourth-order valence-electron chi connectivity index (χ4n) is 2.51. The van der Waals surface area contributed by atoms with Crippen molar-refractivity contribution in [1.82, 2.24) is 4.98 Å². The third kappa shape index (κ3) is 4.04. The van der Waals surface area contributed by atoms with E-state index in [9.17, 15) is 5.26 Å². The molecule has 0 spiro atoms. The van der Waals surface area contributed by atoms with E-state index < -0.39 is 0 Å². The van der Waals surface area contributed by atoms with Crippen molar-refractivity contribution in [3.8, 4) is 17.6 Å². The van der Waals surface area contributed by atoms with E-state index in [2.05, 4.69) is 18.0 Å². The van der Waals surface area contributed by atoms with E-state index in [1.54, 1.807) is 0 Å². The molecule has 0 radical (unpaired) electrons. The van der Waals surface area contributed by atoms with Crippen molar-refractivity contribution in [1.29, 1.82) is 5.26 Å². The summed E-state index contributed by atoms with van der Waals surface area (Å²) in [6.45, 7) is 5.20. The first-order valence-corrected chi connectivity index (χ1v) is 9.44. The molecule has 0 atom stereocenters. The van der Waals surface area contributed by atoms with Crippen molar-refractivity contribution >= 4 is 33.2 Å².